The molecule has 0 bridgehead atoms. The van der Waals surface area contributed by atoms with Gasteiger partial charge in [-0.1, -0.05) is 24.3 Å². The largest absolute Gasteiger partial charge is 0.340 e. The number of nitrogens with zero attached hydrogens (tertiary/aromatic N) is 1. The third-order valence-electron chi connectivity index (χ3n) is 4.70. The lowest BCUT2D eigenvalue weighted by atomic mass is 10.1. The second-order valence-corrected chi connectivity index (χ2v) is 6.39. The van der Waals surface area contributed by atoms with Crippen molar-refractivity contribution >= 4 is 17.5 Å². The molecule has 2 aromatic carbocycles. The van der Waals surface area contributed by atoms with Crippen LogP contribution in [0.5, 0.6) is 0 Å². The number of aryl methyl sites for hydroxylation is 3. The first-order valence-corrected chi connectivity index (χ1v) is 8.22. The van der Waals surface area contributed by atoms with Crippen LogP contribution in [0.3, 0.4) is 0 Å². The predicted molar refractivity (Wildman–Crippen MR) is 95.3 cm³/mol. The van der Waals surface area contributed by atoms with E-state index in [1.807, 2.05) is 50.2 Å². The predicted octanol–water partition coefficient (Wildman–Crippen LogP) is 3.15. The Morgan fingerprint density at radius 2 is 1.79 bits per heavy atom. The fourth-order valence-electron chi connectivity index (χ4n) is 3.03. The molecule has 0 spiro atoms. The Morgan fingerprint density at radius 1 is 1.04 bits per heavy atom. The molecule has 124 valence electrons. The third-order valence-corrected chi connectivity index (χ3v) is 4.70. The van der Waals surface area contributed by atoms with Gasteiger partial charge in [0.05, 0.1) is 0 Å². The van der Waals surface area contributed by atoms with Gasteiger partial charge in [0.15, 0.2) is 0 Å². The normalized spacial score (nSPS) is 17.2. The molecule has 2 amide bonds. The summed E-state index contributed by atoms with van der Waals surface area (Å²) in [6.07, 6.45) is 0.628. The number of carbonyl (C=O) groups is 2. The molecule has 1 N–H and O–H groups in total. The van der Waals surface area contributed by atoms with E-state index in [4.69, 9.17) is 0 Å². The van der Waals surface area contributed by atoms with Crippen LogP contribution in [-0.2, 0) is 4.79 Å². The van der Waals surface area contributed by atoms with Crippen LogP contribution in [0.1, 0.15) is 33.5 Å². The molecule has 24 heavy (non-hydrogen) atoms. The van der Waals surface area contributed by atoms with E-state index in [2.05, 4.69) is 12.2 Å². The van der Waals surface area contributed by atoms with Gasteiger partial charge in [0.1, 0.15) is 6.04 Å². The topological polar surface area (TPSA) is 49.4 Å². The first kappa shape index (κ1) is 16.2. The van der Waals surface area contributed by atoms with Gasteiger partial charge in [-0.3, -0.25) is 9.59 Å². The van der Waals surface area contributed by atoms with Gasteiger partial charge in [-0.05, 0) is 62.1 Å². The van der Waals surface area contributed by atoms with Crippen molar-refractivity contribution < 1.29 is 9.59 Å². The molecule has 1 saturated heterocycles. The number of carbonyl (C=O) groups excluding carboxylic acids is 2. The highest BCUT2D eigenvalue weighted by Gasteiger charge is 2.34. The monoisotopic (exact) mass is 322 g/mol. The molecule has 1 aliphatic heterocycles. The zero-order chi connectivity index (χ0) is 17.3. The van der Waals surface area contributed by atoms with Crippen LogP contribution in [0.2, 0.25) is 0 Å². The summed E-state index contributed by atoms with van der Waals surface area (Å²) in [6, 6.07) is 13.0. The lowest BCUT2D eigenvalue weighted by Gasteiger charge is -2.18. The number of benzene rings is 2. The van der Waals surface area contributed by atoms with Crippen molar-refractivity contribution in [2.75, 3.05) is 11.4 Å². The maximum Gasteiger partial charge on any atom is 0.252 e. The average molecular weight is 322 g/mol. The van der Waals surface area contributed by atoms with Crippen LogP contribution in [0.4, 0.5) is 5.69 Å². The van der Waals surface area contributed by atoms with E-state index in [1.54, 1.807) is 11.0 Å². The third kappa shape index (κ3) is 3.04. The van der Waals surface area contributed by atoms with E-state index in [1.165, 1.54) is 5.56 Å². The van der Waals surface area contributed by atoms with Crippen LogP contribution < -0.4 is 10.2 Å². The van der Waals surface area contributed by atoms with E-state index in [0.29, 0.717) is 18.5 Å². The van der Waals surface area contributed by atoms with Crippen LogP contribution >= 0.6 is 0 Å². The highest BCUT2D eigenvalue weighted by molar-refractivity contribution is 6.04. The number of anilines is 1. The van der Waals surface area contributed by atoms with Gasteiger partial charge in [-0.25, -0.2) is 0 Å². The van der Waals surface area contributed by atoms with Crippen LogP contribution in [0, 0.1) is 20.8 Å². The molecule has 0 aromatic heterocycles. The fraction of sp³-hybridized carbons (Fsp3) is 0.300. The van der Waals surface area contributed by atoms with Gasteiger partial charge in [0.2, 0.25) is 5.91 Å². The summed E-state index contributed by atoms with van der Waals surface area (Å²) in [4.78, 5) is 26.9. The van der Waals surface area contributed by atoms with E-state index < -0.39 is 6.04 Å². The minimum absolute atomic E-state index is 0.0415. The van der Waals surface area contributed by atoms with Crippen molar-refractivity contribution in [3.8, 4) is 0 Å². The van der Waals surface area contributed by atoms with Gasteiger partial charge < -0.3 is 10.2 Å². The summed E-state index contributed by atoms with van der Waals surface area (Å²) in [6.45, 7) is 6.61. The van der Waals surface area contributed by atoms with Crippen LogP contribution in [-0.4, -0.2) is 24.4 Å². The average Bonchev–Trinajstić information content (AvgIpc) is 2.91. The maximum atomic E-state index is 12.7. The molecule has 1 fully saturated rings. The summed E-state index contributed by atoms with van der Waals surface area (Å²) < 4.78 is 0. The van der Waals surface area contributed by atoms with Gasteiger partial charge in [0.25, 0.3) is 5.91 Å². The van der Waals surface area contributed by atoms with Gasteiger partial charge in [0, 0.05) is 17.8 Å². The first-order valence-electron chi connectivity index (χ1n) is 8.22. The van der Waals surface area contributed by atoms with Crippen molar-refractivity contribution in [2.24, 2.45) is 0 Å². The van der Waals surface area contributed by atoms with Crippen LogP contribution in [0.15, 0.2) is 42.5 Å². The minimum atomic E-state index is -0.460. The Hall–Kier alpha value is -2.62. The molecule has 1 atom stereocenters. The SMILES string of the molecule is Cc1ccc(N2CCC(NC(=O)c3ccccc3C)C2=O)cc1C. The molecule has 4 nitrogen and oxygen atoms in total. The summed E-state index contributed by atoms with van der Waals surface area (Å²) in [7, 11) is 0. The lowest BCUT2D eigenvalue weighted by Crippen LogP contribution is -2.41. The highest BCUT2D eigenvalue weighted by Crippen LogP contribution is 2.24. The quantitative estimate of drug-likeness (QED) is 0.944. The van der Waals surface area contributed by atoms with E-state index in [-0.39, 0.29) is 11.8 Å². The smallest absolute Gasteiger partial charge is 0.252 e. The highest BCUT2D eigenvalue weighted by atomic mass is 16.2. The Bertz CT molecular complexity index is 798. The Kier molecular flexibility index (Phi) is 4.38. The lowest BCUT2D eigenvalue weighted by molar-refractivity contribution is -0.118. The molecule has 1 unspecified atom stereocenters. The number of rotatable bonds is 3. The molecule has 1 aliphatic rings. The molecule has 0 saturated carbocycles. The van der Waals surface area contributed by atoms with Crippen molar-refractivity contribution in [3.05, 3.63) is 64.7 Å². The molecule has 4 heteroatoms. The molecular weight excluding hydrogens is 300 g/mol. The van der Waals surface area contributed by atoms with Crippen molar-refractivity contribution in [3.63, 3.8) is 0 Å². The van der Waals surface area contributed by atoms with E-state index in [9.17, 15) is 9.59 Å². The molecule has 0 aliphatic carbocycles. The zero-order valence-electron chi connectivity index (χ0n) is 14.3. The number of hydrogen-bond donors (Lipinski definition) is 1. The molecular formula is C20H22N2O2. The van der Waals surface area contributed by atoms with Crippen LogP contribution in [0.25, 0.3) is 0 Å². The number of nitrogens with one attached hydrogen (secondary N) is 1. The summed E-state index contributed by atoms with van der Waals surface area (Å²) in [5, 5.41) is 2.88. The molecule has 2 aromatic rings. The second-order valence-electron chi connectivity index (χ2n) is 6.39. The van der Waals surface area contributed by atoms with Crippen molar-refractivity contribution in [2.45, 2.75) is 33.2 Å². The Balaban J connectivity index is 1.73. The molecule has 0 radical (unpaired) electrons. The first-order chi connectivity index (χ1) is 11.5. The van der Waals surface area contributed by atoms with Crippen molar-refractivity contribution in [1.82, 2.24) is 5.32 Å². The summed E-state index contributed by atoms with van der Waals surface area (Å²) in [5.74, 6) is -0.228. The van der Waals surface area contributed by atoms with E-state index >= 15 is 0 Å². The van der Waals surface area contributed by atoms with Gasteiger partial charge in [-0.15, -0.1) is 0 Å². The summed E-state index contributed by atoms with van der Waals surface area (Å²) >= 11 is 0. The standard InChI is InChI=1S/C20H22N2O2/c1-13-8-9-16(12-15(13)3)22-11-10-18(20(22)24)21-19(23)17-7-5-4-6-14(17)2/h4-9,12,18H,10-11H2,1-3H3,(H,21,23). The van der Waals surface area contributed by atoms with Gasteiger partial charge in [-0.2, -0.15) is 0 Å². The minimum Gasteiger partial charge on any atom is -0.340 e. The second kappa shape index (κ2) is 6.48. The number of amides is 2. The Labute approximate surface area is 142 Å². The fourth-order valence-corrected chi connectivity index (χ4v) is 3.03. The maximum absolute atomic E-state index is 12.7. The number of hydrogen-bond acceptors (Lipinski definition) is 2. The van der Waals surface area contributed by atoms with Crippen molar-refractivity contribution in [1.29, 1.82) is 0 Å². The van der Waals surface area contributed by atoms with E-state index in [0.717, 1.165) is 16.8 Å². The molecule has 1 heterocycles. The summed E-state index contributed by atoms with van der Waals surface area (Å²) in [5.41, 5.74) is 4.79. The Morgan fingerprint density at radius 3 is 2.50 bits per heavy atom. The molecule has 3 rings (SSSR count). The van der Waals surface area contributed by atoms with Gasteiger partial charge >= 0.3 is 0 Å². The zero-order valence-corrected chi connectivity index (χ0v) is 14.3.